The molecule has 0 fully saturated rings. The summed E-state index contributed by atoms with van der Waals surface area (Å²) in [5, 5.41) is 1.71. The minimum atomic E-state index is -0.625. The van der Waals surface area contributed by atoms with E-state index >= 15 is 0 Å². The number of nitrogens with zero attached hydrogens (tertiary/aromatic N) is 3. The van der Waals surface area contributed by atoms with E-state index in [9.17, 15) is 18.8 Å². The van der Waals surface area contributed by atoms with Gasteiger partial charge in [-0.25, -0.2) is 9.18 Å². The van der Waals surface area contributed by atoms with Crippen LogP contribution in [-0.2, 0) is 24.3 Å². The molecule has 1 aliphatic rings. The number of amides is 1. The van der Waals surface area contributed by atoms with Gasteiger partial charge in [-0.3, -0.25) is 18.7 Å². The highest BCUT2D eigenvalue weighted by Crippen LogP contribution is 2.27. The van der Waals surface area contributed by atoms with Crippen LogP contribution < -0.4 is 16.1 Å². The van der Waals surface area contributed by atoms with E-state index in [-0.39, 0.29) is 24.6 Å². The van der Waals surface area contributed by atoms with E-state index in [1.54, 1.807) is 28.5 Å². The number of aromatic nitrogens is 2. The predicted molar refractivity (Wildman–Crippen MR) is 118 cm³/mol. The number of benzene rings is 2. The highest BCUT2D eigenvalue weighted by Gasteiger charge is 2.26. The van der Waals surface area contributed by atoms with Crippen molar-refractivity contribution in [2.45, 2.75) is 19.5 Å². The van der Waals surface area contributed by atoms with E-state index < -0.39 is 17.1 Å². The Morgan fingerprint density at radius 3 is 2.61 bits per heavy atom. The second-order valence-electron chi connectivity index (χ2n) is 7.41. The number of rotatable bonds is 4. The first-order valence-corrected chi connectivity index (χ1v) is 10.7. The fourth-order valence-electron chi connectivity index (χ4n) is 4.04. The highest BCUT2D eigenvalue weighted by atomic mass is 32.1. The van der Waals surface area contributed by atoms with Gasteiger partial charge in [-0.2, -0.15) is 0 Å². The normalized spacial score (nSPS) is 13.0. The number of para-hydroxylation sites is 1. The van der Waals surface area contributed by atoms with Gasteiger partial charge in [0.2, 0.25) is 5.91 Å². The van der Waals surface area contributed by atoms with Crippen LogP contribution in [0.4, 0.5) is 10.1 Å². The average molecular weight is 435 g/mol. The van der Waals surface area contributed by atoms with Crippen molar-refractivity contribution >= 4 is 33.1 Å². The quantitative estimate of drug-likeness (QED) is 0.495. The number of fused-ring (bicyclic) bond motifs is 2. The topological polar surface area (TPSA) is 64.3 Å². The van der Waals surface area contributed by atoms with Crippen LogP contribution in [0.3, 0.4) is 0 Å². The van der Waals surface area contributed by atoms with Crippen LogP contribution in [0.2, 0.25) is 0 Å². The van der Waals surface area contributed by atoms with Crippen molar-refractivity contribution in [3.05, 3.63) is 97.8 Å². The van der Waals surface area contributed by atoms with Gasteiger partial charge in [-0.05, 0) is 35.6 Å². The first-order chi connectivity index (χ1) is 15.0. The van der Waals surface area contributed by atoms with Crippen molar-refractivity contribution in [1.29, 1.82) is 0 Å². The van der Waals surface area contributed by atoms with E-state index in [2.05, 4.69) is 0 Å². The van der Waals surface area contributed by atoms with Crippen LogP contribution in [0, 0.1) is 5.82 Å². The first kappa shape index (κ1) is 19.4. The molecule has 0 saturated heterocycles. The summed E-state index contributed by atoms with van der Waals surface area (Å²) in [6.45, 7) is 0.158. The summed E-state index contributed by atoms with van der Waals surface area (Å²) in [5.41, 5.74) is 1.50. The third kappa shape index (κ3) is 3.29. The van der Waals surface area contributed by atoms with Crippen LogP contribution in [-0.4, -0.2) is 21.6 Å². The molecule has 4 aromatic rings. The molecule has 2 aromatic heterocycles. The van der Waals surface area contributed by atoms with Crippen molar-refractivity contribution in [1.82, 2.24) is 9.13 Å². The molecule has 0 bridgehead atoms. The Balaban J connectivity index is 1.57. The SMILES string of the molecule is O=C(Cn1c(=O)n(Cc2ccccc2F)c(=O)c2sccc21)N1CCc2ccccc21. The van der Waals surface area contributed by atoms with Crippen LogP contribution >= 0.6 is 11.3 Å². The van der Waals surface area contributed by atoms with Gasteiger partial charge < -0.3 is 4.90 Å². The van der Waals surface area contributed by atoms with Gasteiger partial charge in [0.05, 0.1) is 12.1 Å². The molecule has 0 radical (unpaired) electrons. The number of carbonyl (C=O) groups is 1. The Labute approximate surface area is 180 Å². The lowest BCUT2D eigenvalue weighted by atomic mass is 10.2. The van der Waals surface area contributed by atoms with E-state index in [1.807, 2.05) is 24.3 Å². The maximum absolute atomic E-state index is 14.2. The summed E-state index contributed by atoms with van der Waals surface area (Å²) in [4.78, 5) is 41.0. The zero-order valence-electron chi connectivity index (χ0n) is 16.5. The van der Waals surface area contributed by atoms with E-state index in [4.69, 9.17) is 0 Å². The summed E-state index contributed by atoms with van der Waals surface area (Å²) in [7, 11) is 0. The molecule has 0 atom stereocenters. The van der Waals surface area contributed by atoms with Crippen molar-refractivity contribution in [3.8, 4) is 0 Å². The van der Waals surface area contributed by atoms with Gasteiger partial charge in [0.1, 0.15) is 17.1 Å². The summed E-state index contributed by atoms with van der Waals surface area (Å²) >= 11 is 1.20. The Morgan fingerprint density at radius 2 is 1.77 bits per heavy atom. The fraction of sp³-hybridized carbons (Fsp3) is 0.174. The zero-order chi connectivity index (χ0) is 21.5. The third-order valence-electron chi connectivity index (χ3n) is 5.60. The number of thiophene rings is 1. The second kappa shape index (κ2) is 7.63. The molecule has 3 heterocycles. The molecule has 8 heteroatoms. The van der Waals surface area contributed by atoms with Gasteiger partial charge in [-0.15, -0.1) is 11.3 Å². The van der Waals surface area contributed by atoms with Crippen LogP contribution in [0.25, 0.3) is 10.2 Å². The first-order valence-electron chi connectivity index (χ1n) is 9.87. The number of carbonyl (C=O) groups excluding carboxylic acids is 1. The van der Waals surface area contributed by atoms with Crippen LogP contribution in [0.1, 0.15) is 11.1 Å². The largest absolute Gasteiger partial charge is 0.332 e. The van der Waals surface area contributed by atoms with Gasteiger partial charge in [0.15, 0.2) is 0 Å². The molecule has 31 heavy (non-hydrogen) atoms. The number of hydrogen-bond acceptors (Lipinski definition) is 4. The molecule has 0 N–H and O–H groups in total. The average Bonchev–Trinajstić information content (AvgIpc) is 3.43. The Bertz CT molecular complexity index is 1440. The maximum Gasteiger partial charge on any atom is 0.332 e. The van der Waals surface area contributed by atoms with Gasteiger partial charge in [0, 0.05) is 17.8 Å². The molecule has 0 aliphatic carbocycles. The second-order valence-corrected chi connectivity index (χ2v) is 8.33. The van der Waals surface area contributed by atoms with E-state index in [0.29, 0.717) is 16.8 Å². The minimum absolute atomic E-state index is 0.196. The van der Waals surface area contributed by atoms with Crippen molar-refractivity contribution in [2.75, 3.05) is 11.4 Å². The molecule has 1 amide bonds. The summed E-state index contributed by atoms with van der Waals surface area (Å²) < 4.78 is 16.9. The van der Waals surface area contributed by atoms with Crippen molar-refractivity contribution < 1.29 is 9.18 Å². The third-order valence-corrected chi connectivity index (χ3v) is 6.50. The van der Waals surface area contributed by atoms with Crippen LogP contribution in [0.5, 0.6) is 0 Å². The van der Waals surface area contributed by atoms with Crippen molar-refractivity contribution in [3.63, 3.8) is 0 Å². The summed E-state index contributed by atoms with van der Waals surface area (Å²) in [6.07, 6.45) is 0.761. The predicted octanol–water partition coefficient (Wildman–Crippen LogP) is 3.00. The minimum Gasteiger partial charge on any atom is -0.310 e. The highest BCUT2D eigenvalue weighted by molar-refractivity contribution is 7.17. The lowest BCUT2D eigenvalue weighted by Crippen LogP contribution is -2.43. The smallest absolute Gasteiger partial charge is 0.310 e. The maximum atomic E-state index is 14.2. The molecule has 6 nitrogen and oxygen atoms in total. The Kier molecular flexibility index (Phi) is 4.78. The molecule has 2 aromatic carbocycles. The van der Waals surface area contributed by atoms with Gasteiger partial charge in [0.25, 0.3) is 5.56 Å². The molecule has 0 saturated carbocycles. The Morgan fingerprint density at radius 1 is 1.00 bits per heavy atom. The molecule has 0 spiro atoms. The number of halogens is 1. The molecule has 0 unspecified atom stereocenters. The molecule has 5 rings (SSSR count). The Hall–Kier alpha value is -3.52. The molecular formula is C23H18FN3O3S. The molecule has 1 aliphatic heterocycles. The number of hydrogen-bond donors (Lipinski definition) is 0. The summed E-state index contributed by atoms with van der Waals surface area (Å²) in [5.74, 6) is -0.716. The molecule has 156 valence electrons. The molecular weight excluding hydrogens is 417 g/mol. The van der Waals surface area contributed by atoms with Crippen molar-refractivity contribution in [2.24, 2.45) is 0 Å². The fourth-order valence-corrected chi connectivity index (χ4v) is 4.88. The monoisotopic (exact) mass is 435 g/mol. The van der Waals surface area contributed by atoms with E-state index in [0.717, 1.165) is 22.2 Å². The lowest BCUT2D eigenvalue weighted by molar-refractivity contribution is -0.119. The lowest BCUT2D eigenvalue weighted by Gasteiger charge is -2.19. The van der Waals surface area contributed by atoms with Gasteiger partial charge >= 0.3 is 5.69 Å². The standard InChI is InChI=1S/C23H18FN3O3S/c24-17-7-3-1-6-16(17)13-27-22(29)21-19(10-12-31-21)26(23(27)30)14-20(28)25-11-9-15-5-2-4-8-18(15)25/h1-8,10,12H,9,11,13-14H2. The van der Waals surface area contributed by atoms with Gasteiger partial charge in [-0.1, -0.05) is 36.4 Å². The van der Waals surface area contributed by atoms with Crippen LogP contribution in [0.15, 0.2) is 69.6 Å². The summed E-state index contributed by atoms with van der Waals surface area (Å²) in [6, 6.07) is 15.4. The number of anilines is 1. The van der Waals surface area contributed by atoms with E-state index in [1.165, 1.54) is 28.0 Å². The zero-order valence-corrected chi connectivity index (χ0v) is 17.3.